The molecule has 2 N–H and O–H groups in total. The number of ether oxygens (including phenoxy) is 4. The summed E-state index contributed by atoms with van der Waals surface area (Å²) in [5.74, 6) is -5.12. The number of hydrogen-bond donors (Lipinski definition) is 2. The smallest absolute Gasteiger partial charge is 0.408 e. The van der Waals surface area contributed by atoms with E-state index in [1.54, 1.807) is 37.3 Å². The van der Waals surface area contributed by atoms with Crippen LogP contribution in [0.4, 0.5) is 13.6 Å². The van der Waals surface area contributed by atoms with Crippen molar-refractivity contribution in [3.63, 3.8) is 0 Å². The molecule has 1 aliphatic carbocycles. The van der Waals surface area contributed by atoms with Crippen LogP contribution in [0.3, 0.4) is 0 Å². The molecule has 15 heteroatoms. The monoisotopic (exact) mass is 735 g/mol. The van der Waals surface area contributed by atoms with E-state index in [9.17, 15) is 28.0 Å². The molecule has 13 nitrogen and oxygen atoms in total. The highest BCUT2D eigenvalue weighted by atomic mass is 19.3. The van der Waals surface area contributed by atoms with Gasteiger partial charge in [0, 0.05) is 12.0 Å². The van der Waals surface area contributed by atoms with Gasteiger partial charge in [0.1, 0.15) is 35.2 Å². The van der Waals surface area contributed by atoms with Crippen molar-refractivity contribution in [3.8, 4) is 22.9 Å². The van der Waals surface area contributed by atoms with E-state index in [2.05, 4.69) is 10.6 Å². The van der Waals surface area contributed by atoms with Gasteiger partial charge in [-0.05, 0) is 56.4 Å². The highest BCUT2D eigenvalue weighted by Gasteiger charge is 2.62. The summed E-state index contributed by atoms with van der Waals surface area (Å²) in [6, 6.07) is 11.2. The number of fused-ring (bicyclic) bond motifs is 8. The lowest BCUT2D eigenvalue weighted by Crippen LogP contribution is -2.56. The van der Waals surface area contributed by atoms with Crippen molar-refractivity contribution in [1.82, 2.24) is 25.5 Å². The molecule has 2 saturated heterocycles. The number of aromatic nitrogens is 2. The Morgan fingerprint density at radius 2 is 1.70 bits per heavy atom. The summed E-state index contributed by atoms with van der Waals surface area (Å²) < 4.78 is 52.2. The van der Waals surface area contributed by atoms with Crippen LogP contribution in [0.15, 0.2) is 48.5 Å². The standard InChI is InChI=1S/C38H43F2N5O8/c1-2-50-35(48)38-19-24(38)12-6-4-3-5-7-16-29-34(47)45-20-26(18-30(45)32(46)44-38)53-33-31(41-27-14-8-9-15-28(27)42-33)23-11-10-13-25(17-23)51-21-37(39,40)22-52-36(49)43-29/h8-11,13-15,17,24,26,29-30H,2-7,12,16,18-22H2,1H3,(H,43,49)(H,44,46). The predicted octanol–water partition coefficient (Wildman–Crippen LogP) is 4.95. The Hall–Kier alpha value is -5.08. The number of alkyl carbamates (subject to hydrolysis) is 1. The van der Waals surface area contributed by atoms with Crippen LogP contribution >= 0.6 is 0 Å². The molecule has 0 radical (unpaired) electrons. The van der Waals surface area contributed by atoms with Gasteiger partial charge in [-0.1, -0.05) is 56.4 Å². The second-order valence-corrected chi connectivity index (χ2v) is 14.2. The first-order chi connectivity index (χ1) is 25.5. The van der Waals surface area contributed by atoms with E-state index in [1.807, 2.05) is 6.07 Å². The van der Waals surface area contributed by atoms with Crippen molar-refractivity contribution >= 4 is 34.9 Å². The maximum absolute atomic E-state index is 15.0. The molecule has 0 spiro atoms. The number of nitrogens with zero attached hydrogens (tertiary/aromatic N) is 3. The second kappa shape index (κ2) is 15.1. The topological polar surface area (TPSA) is 158 Å². The Morgan fingerprint density at radius 3 is 2.49 bits per heavy atom. The second-order valence-electron chi connectivity index (χ2n) is 14.2. The third kappa shape index (κ3) is 7.98. The lowest BCUT2D eigenvalue weighted by Gasteiger charge is -2.29. The Labute approximate surface area is 305 Å². The Balaban J connectivity index is 1.28. The van der Waals surface area contributed by atoms with Crippen LogP contribution in [0.1, 0.15) is 64.7 Å². The van der Waals surface area contributed by atoms with Crippen LogP contribution in [-0.4, -0.2) is 94.8 Å². The van der Waals surface area contributed by atoms with Crippen molar-refractivity contribution in [3.05, 3.63) is 48.5 Å². The number of esters is 1. The zero-order valence-electron chi connectivity index (χ0n) is 29.5. The van der Waals surface area contributed by atoms with Gasteiger partial charge < -0.3 is 34.5 Å². The average Bonchev–Trinajstić information content (AvgIpc) is 3.68. The quantitative estimate of drug-likeness (QED) is 0.345. The van der Waals surface area contributed by atoms with Crippen LogP contribution in [0.25, 0.3) is 22.3 Å². The van der Waals surface area contributed by atoms with E-state index in [0.29, 0.717) is 35.1 Å². The Morgan fingerprint density at radius 1 is 0.962 bits per heavy atom. The molecule has 3 fully saturated rings. The number of halogens is 2. The molecule has 3 amide bonds. The molecule has 2 aromatic carbocycles. The van der Waals surface area contributed by atoms with Gasteiger partial charge in [-0.15, -0.1) is 0 Å². The minimum absolute atomic E-state index is 0.0294. The molecule has 4 aliphatic rings. The minimum Gasteiger partial charge on any atom is -0.487 e. The number of amides is 3. The first kappa shape index (κ1) is 36.3. The fraction of sp³-hybridized carbons (Fsp3) is 0.526. The van der Waals surface area contributed by atoms with Crippen LogP contribution in [0.2, 0.25) is 0 Å². The van der Waals surface area contributed by atoms with Crippen molar-refractivity contribution in [2.24, 2.45) is 5.92 Å². The summed E-state index contributed by atoms with van der Waals surface area (Å²) in [5.41, 5.74) is 0.652. The highest BCUT2D eigenvalue weighted by molar-refractivity contribution is 5.96. The van der Waals surface area contributed by atoms with Crippen LogP contribution in [0, 0.1) is 5.92 Å². The number of benzene rings is 2. The maximum atomic E-state index is 15.0. The highest BCUT2D eigenvalue weighted by Crippen LogP contribution is 2.48. The number of cyclic esters (lactones) is 1. The van der Waals surface area contributed by atoms with E-state index in [4.69, 9.17) is 28.9 Å². The number of hydrogen-bond acceptors (Lipinski definition) is 10. The summed E-state index contributed by atoms with van der Waals surface area (Å²) in [6.45, 7) is -0.598. The van der Waals surface area contributed by atoms with Gasteiger partial charge in [-0.3, -0.25) is 9.59 Å². The summed E-state index contributed by atoms with van der Waals surface area (Å²) in [5, 5.41) is 5.46. The molecule has 282 valence electrons. The van der Waals surface area contributed by atoms with E-state index < -0.39 is 66.7 Å². The van der Waals surface area contributed by atoms with Crippen molar-refractivity contribution in [2.45, 2.75) is 94.4 Å². The lowest BCUT2D eigenvalue weighted by atomic mass is 10.0. The van der Waals surface area contributed by atoms with Crippen LogP contribution < -0.4 is 20.1 Å². The van der Waals surface area contributed by atoms with Gasteiger partial charge in [0.15, 0.2) is 13.2 Å². The summed E-state index contributed by atoms with van der Waals surface area (Å²) in [4.78, 5) is 65.8. The summed E-state index contributed by atoms with van der Waals surface area (Å²) in [7, 11) is 0. The van der Waals surface area contributed by atoms with Crippen LogP contribution in [0.5, 0.6) is 11.6 Å². The van der Waals surface area contributed by atoms with E-state index in [-0.39, 0.29) is 43.5 Å². The molecule has 1 aromatic heterocycles. The molecule has 1 saturated carbocycles. The van der Waals surface area contributed by atoms with Crippen LogP contribution in [-0.2, 0) is 23.9 Å². The number of nitrogens with one attached hydrogen (secondary N) is 2. The van der Waals surface area contributed by atoms with Crippen molar-refractivity contribution < 1.29 is 46.9 Å². The third-order valence-corrected chi connectivity index (χ3v) is 10.4. The zero-order chi connectivity index (χ0) is 37.2. The normalized spacial score (nSPS) is 27.8. The number of carbonyl (C=O) groups is 4. The van der Waals surface area contributed by atoms with Gasteiger partial charge >= 0.3 is 18.0 Å². The van der Waals surface area contributed by atoms with Gasteiger partial charge in [-0.2, -0.15) is 8.78 Å². The molecule has 5 atom stereocenters. The predicted molar refractivity (Wildman–Crippen MR) is 186 cm³/mol. The average molecular weight is 736 g/mol. The van der Waals surface area contributed by atoms with E-state index in [0.717, 1.165) is 32.1 Å². The summed E-state index contributed by atoms with van der Waals surface area (Å²) in [6.07, 6.45) is 3.29. The number of alkyl halides is 2. The molecule has 3 aromatic rings. The SMILES string of the molecule is CCOC(=O)C12CC1CCCCCCCC1NC(=O)OCC(F)(F)COc3cccc(c3)-c3nc4ccccc4nc3OC3CC(C(=O)N2)N(C3)C1=O. The molecular weight excluding hydrogens is 692 g/mol. The van der Waals surface area contributed by atoms with Gasteiger partial charge in [-0.25, -0.2) is 19.6 Å². The van der Waals surface area contributed by atoms with Crippen molar-refractivity contribution in [2.75, 3.05) is 26.4 Å². The largest absolute Gasteiger partial charge is 0.487 e. The Kier molecular flexibility index (Phi) is 10.3. The van der Waals surface area contributed by atoms with Crippen molar-refractivity contribution in [1.29, 1.82) is 0 Å². The zero-order valence-corrected chi connectivity index (χ0v) is 29.5. The number of para-hydroxylation sites is 2. The molecule has 5 bridgehead atoms. The van der Waals surface area contributed by atoms with Gasteiger partial charge in [0.25, 0.3) is 0 Å². The molecular formula is C38H43F2N5O8. The summed E-state index contributed by atoms with van der Waals surface area (Å²) >= 11 is 0. The fourth-order valence-electron chi connectivity index (χ4n) is 7.53. The molecule has 7 rings (SSSR count). The first-order valence-corrected chi connectivity index (χ1v) is 18.3. The Bertz CT molecular complexity index is 1880. The minimum atomic E-state index is -3.57. The third-order valence-electron chi connectivity index (χ3n) is 10.4. The van der Waals surface area contributed by atoms with Gasteiger partial charge in [0.05, 0.1) is 24.2 Å². The number of carbonyl (C=O) groups excluding carboxylic acids is 4. The molecule has 3 aliphatic heterocycles. The molecule has 4 heterocycles. The molecule has 53 heavy (non-hydrogen) atoms. The number of rotatable bonds is 2. The maximum Gasteiger partial charge on any atom is 0.408 e. The molecule has 5 unspecified atom stereocenters. The van der Waals surface area contributed by atoms with Gasteiger partial charge in [0.2, 0.25) is 17.7 Å². The van der Waals surface area contributed by atoms with E-state index in [1.165, 1.54) is 17.0 Å². The lowest BCUT2D eigenvalue weighted by molar-refractivity contribution is -0.150. The fourth-order valence-corrected chi connectivity index (χ4v) is 7.53. The van der Waals surface area contributed by atoms with E-state index >= 15 is 0 Å². The first-order valence-electron chi connectivity index (χ1n) is 18.3.